The lowest BCUT2D eigenvalue weighted by molar-refractivity contribution is -0.120. The third-order valence-electron chi connectivity index (χ3n) is 4.90. The molecule has 1 amide bonds. The third-order valence-corrected chi connectivity index (χ3v) is 5.84. The number of carbonyl (C=O) groups excluding carboxylic acids is 1. The standard InChI is InChI=1S/C23H27N3O2S/c1-15-10-13-20(14-16(15)2)22-25-26-23(28-22)29-18(4)21(27)24-17(3)11-12-19-8-6-5-7-9-19/h5-10,13-14,17-18H,11-12H2,1-4H3,(H,24,27)/t17-,18+/m0/s1. The summed E-state index contributed by atoms with van der Waals surface area (Å²) in [6, 6.07) is 16.4. The lowest BCUT2D eigenvalue weighted by Gasteiger charge is -2.16. The number of aryl methyl sites for hydroxylation is 3. The zero-order valence-electron chi connectivity index (χ0n) is 17.3. The molecule has 0 spiro atoms. The SMILES string of the molecule is Cc1ccc(-c2nnc(S[C@H](C)C(=O)N[C@@H](C)CCc3ccccc3)o2)cc1C. The summed E-state index contributed by atoms with van der Waals surface area (Å²) in [4.78, 5) is 12.5. The second-order valence-electron chi connectivity index (χ2n) is 7.37. The molecule has 5 nitrogen and oxygen atoms in total. The van der Waals surface area contributed by atoms with Crippen molar-refractivity contribution in [1.29, 1.82) is 0 Å². The third kappa shape index (κ3) is 5.94. The average molecular weight is 410 g/mol. The maximum absolute atomic E-state index is 12.5. The van der Waals surface area contributed by atoms with Crippen LogP contribution in [0.3, 0.4) is 0 Å². The van der Waals surface area contributed by atoms with Crippen LogP contribution >= 0.6 is 11.8 Å². The van der Waals surface area contributed by atoms with Gasteiger partial charge in [-0.05, 0) is 69.4 Å². The van der Waals surface area contributed by atoms with Gasteiger partial charge in [0, 0.05) is 11.6 Å². The van der Waals surface area contributed by atoms with Crippen LogP contribution < -0.4 is 5.32 Å². The molecule has 1 aromatic heterocycles. The number of amides is 1. The van der Waals surface area contributed by atoms with E-state index in [1.807, 2.05) is 50.2 Å². The van der Waals surface area contributed by atoms with Crippen LogP contribution in [0.2, 0.25) is 0 Å². The molecule has 6 heteroatoms. The van der Waals surface area contributed by atoms with E-state index in [-0.39, 0.29) is 17.2 Å². The van der Waals surface area contributed by atoms with Gasteiger partial charge in [-0.1, -0.05) is 48.2 Å². The Labute approximate surface area is 176 Å². The molecule has 3 aromatic rings. The predicted octanol–water partition coefficient (Wildman–Crippen LogP) is 4.97. The van der Waals surface area contributed by atoms with Crippen molar-refractivity contribution in [3.05, 3.63) is 65.2 Å². The van der Waals surface area contributed by atoms with Crippen molar-refractivity contribution in [2.75, 3.05) is 0 Å². The number of carbonyl (C=O) groups is 1. The Morgan fingerprint density at radius 2 is 1.83 bits per heavy atom. The molecule has 0 aliphatic heterocycles. The molecular formula is C23H27N3O2S. The van der Waals surface area contributed by atoms with Crippen LogP contribution in [0.5, 0.6) is 0 Å². The zero-order chi connectivity index (χ0) is 20.8. The number of nitrogens with zero attached hydrogens (tertiary/aromatic N) is 2. The molecule has 1 heterocycles. The largest absolute Gasteiger partial charge is 0.411 e. The summed E-state index contributed by atoms with van der Waals surface area (Å²) >= 11 is 1.28. The van der Waals surface area contributed by atoms with Crippen LogP contribution in [0.4, 0.5) is 0 Å². The summed E-state index contributed by atoms with van der Waals surface area (Å²) in [5.41, 5.74) is 4.56. The molecule has 0 saturated heterocycles. The first-order valence-electron chi connectivity index (χ1n) is 9.84. The highest BCUT2D eigenvalue weighted by molar-refractivity contribution is 8.00. The van der Waals surface area contributed by atoms with Crippen LogP contribution in [0, 0.1) is 13.8 Å². The summed E-state index contributed by atoms with van der Waals surface area (Å²) in [5, 5.41) is 11.4. The van der Waals surface area contributed by atoms with Gasteiger partial charge in [-0.2, -0.15) is 0 Å². The number of aromatic nitrogens is 2. The van der Waals surface area contributed by atoms with E-state index in [4.69, 9.17) is 4.42 Å². The smallest absolute Gasteiger partial charge is 0.277 e. The van der Waals surface area contributed by atoms with Crippen LogP contribution in [-0.2, 0) is 11.2 Å². The van der Waals surface area contributed by atoms with Gasteiger partial charge in [0.05, 0.1) is 5.25 Å². The first-order valence-corrected chi connectivity index (χ1v) is 10.7. The van der Waals surface area contributed by atoms with Crippen LogP contribution in [0.15, 0.2) is 58.2 Å². The number of nitrogens with one attached hydrogen (secondary N) is 1. The van der Waals surface area contributed by atoms with Gasteiger partial charge in [-0.3, -0.25) is 4.79 Å². The molecular weight excluding hydrogens is 382 g/mol. The minimum Gasteiger partial charge on any atom is -0.411 e. The van der Waals surface area contributed by atoms with Gasteiger partial charge >= 0.3 is 0 Å². The Morgan fingerprint density at radius 3 is 2.55 bits per heavy atom. The average Bonchev–Trinajstić information content (AvgIpc) is 3.17. The summed E-state index contributed by atoms with van der Waals surface area (Å²) < 4.78 is 5.76. The Morgan fingerprint density at radius 1 is 1.07 bits per heavy atom. The highest BCUT2D eigenvalue weighted by Crippen LogP contribution is 2.27. The van der Waals surface area contributed by atoms with Crippen molar-refractivity contribution < 1.29 is 9.21 Å². The molecule has 1 N–H and O–H groups in total. The van der Waals surface area contributed by atoms with E-state index in [2.05, 4.69) is 41.5 Å². The Bertz CT molecular complexity index is 956. The summed E-state index contributed by atoms with van der Waals surface area (Å²) in [6.45, 7) is 8.00. The molecule has 0 saturated carbocycles. The van der Waals surface area contributed by atoms with Gasteiger partial charge in [0.25, 0.3) is 5.22 Å². The molecule has 0 aliphatic rings. The lowest BCUT2D eigenvalue weighted by atomic mass is 10.1. The summed E-state index contributed by atoms with van der Waals surface area (Å²) in [7, 11) is 0. The lowest BCUT2D eigenvalue weighted by Crippen LogP contribution is -2.37. The molecule has 0 fully saturated rings. The molecule has 29 heavy (non-hydrogen) atoms. The molecule has 3 rings (SSSR count). The monoisotopic (exact) mass is 409 g/mol. The number of benzene rings is 2. The van der Waals surface area contributed by atoms with Gasteiger partial charge in [0.15, 0.2) is 0 Å². The van der Waals surface area contributed by atoms with E-state index in [0.717, 1.165) is 18.4 Å². The van der Waals surface area contributed by atoms with Crippen LogP contribution in [0.1, 0.15) is 37.0 Å². The van der Waals surface area contributed by atoms with E-state index in [0.29, 0.717) is 11.1 Å². The highest BCUT2D eigenvalue weighted by Gasteiger charge is 2.20. The van der Waals surface area contributed by atoms with Gasteiger partial charge in [0.1, 0.15) is 0 Å². The van der Waals surface area contributed by atoms with E-state index in [1.165, 1.54) is 28.5 Å². The van der Waals surface area contributed by atoms with E-state index < -0.39 is 0 Å². The van der Waals surface area contributed by atoms with E-state index in [1.54, 1.807) is 0 Å². The number of rotatable bonds is 8. The van der Waals surface area contributed by atoms with Crippen molar-refractivity contribution in [2.45, 2.75) is 57.1 Å². The second kappa shape index (κ2) is 9.74. The molecule has 2 atom stereocenters. The number of thioether (sulfide) groups is 1. The molecule has 0 aliphatic carbocycles. The Kier molecular flexibility index (Phi) is 7.09. The zero-order valence-corrected chi connectivity index (χ0v) is 18.1. The molecule has 0 radical (unpaired) electrons. The predicted molar refractivity (Wildman–Crippen MR) is 117 cm³/mol. The summed E-state index contributed by atoms with van der Waals surface area (Å²) in [5.74, 6) is 0.445. The highest BCUT2D eigenvalue weighted by atomic mass is 32.2. The fraction of sp³-hybridized carbons (Fsp3) is 0.348. The first kappa shape index (κ1) is 21.1. The minimum absolute atomic E-state index is 0.0264. The van der Waals surface area contributed by atoms with Crippen molar-refractivity contribution in [3.8, 4) is 11.5 Å². The van der Waals surface area contributed by atoms with Crippen molar-refractivity contribution >= 4 is 17.7 Å². The molecule has 152 valence electrons. The van der Waals surface area contributed by atoms with E-state index >= 15 is 0 Å². The van der Waals surface area contributed by atoms with Gasteiger partial charge in [0.2, 0.25) is 11.8 Å². The molecule has 2 aromatic carbocycles. The second-order valence-corrected chi connectivity index (χ2v) is 8.66. The summed E-state index contributed by atoms with van der Waals surface area (Å²) in [6.07, 6.45) is 1.83. The van der Waals surface area contributed by atoms with Crippen LogP contribution in [-0.4, -0.2) is 27.4 Å². The van der Waals surface area contributed by atoms with Gasteiger partial charge < -0.3 is 9.73 Å². The van der Waals surface area contributed by atoms with Crippen molar-refractivity contribution in [1.82, 2.24) is 15.5 Å². The minimum atomic E-state index is -0.317. The number of hydrogen-bond acceptors (Lipinski definition) is 5. The fourth-order valence-electron chi connectivity index (χ4n) is 2.91. The first-order chi connectivity index (χ1) is 13.9. The van der Waals surface area contributed by atoms with Gasteiger partial charge in [-0.25, -0.2) is 0 Å². The number of hydrogen-bond donors (Lipinski definition) is 1. The molecule has 0 unspecified atom stereocenters. The van der Waals surface area contributed by atoms with E-state index in [9.17, 15) is 4.79 Å². The fourth-order valence-corrected chi connectivity index (χ4v) is 3.61. The molecule has 0 bridgehead atoms. The van der Waals surface area contributed by atoms with Gasteiger partial charge in [-0.15, -0.1) is 10.2 Å². The quantitative estimate of drug-likeness (QED) is 0.532. The van der Waals surface area contributed by atoms with Crippen molar-refractivity contribution in [3.63, 3.8) is 0 Å². The maximum Gasteiger partial charge on any atom is 0.277 e. The van der Waals surface area contributed by atoms with Crippen molar-refractivity contribution in [2.24, 2.45) is 0 Å². The Hall–Kier alpha value is -2.60. The van der Waals surface area contributed by atoms with Crippen LogP contribution in [0.25, 0.3) is 11.5 Å². The normalized spacial score (nSPS) is 13.1. The topological polar surface area (TPSA) is 68.0 Å². The maximum atomic E-state index is 12.5. The Balaban J connectivity index is 1.51.